The van der Waals surface area contributed by atoms with Crippen molar-refractivity contribution in [3.8, 4) is 5.75 Å². The summed E-state index contributed by atoms with van der Waals surface area (Å²) < 4.78 is 5.46. The van der Waals surface area contributed by atoms with E-state index in [4.69, 9.17) is 4.74 Å². The number of nitrogens with zero attached hydrogens (tertiary/aromatic N) is 1. The molecule has 2 atom stereocenters. The maximum absolute atomic E-state index is 9.60. The van der Waals surface area contributed by atoms with Crippen molar-refractivity contribution in [1.29, 1.82) is 0 Å². The zero-order valence-corrected chi connectivity index (χ0v) is 11.6. The second kappa shape index (κ2) is 6.73. The molecule has 0 spiro atoms. The molecule has 104 valence electrons. The van der Waals surface area contributed by atoms with Gasteiger partial charge in [-0.2, -0.15) is 0 Å². The Morgan fingerprint density at radius 3 is 2.79 bits per heavy atom. The Bertz CT molecular complexity index is 400. The van der Waals surface area contributed by atoms with Gasteiger partial charge >= 0.3 is 0 Å². The van der Waals surface area contributed by atoms with Crippen LogP contribution in [0.5, 0.6) is 5.75 Å². The number of likely N-dealkylation sites (tertiary alicyclic amines) is 1. The molecule has 0 bridgehead atoms. The van der Waals surface area contributed by atoms with E-state index in [-0.39, 0.29) is 6.10 Å². The van der Waals surface area contributed by atoms with Gasteiger partial charge in [-0.25, -0.2) is 0 Å². The Labute approximate surface area is 115 Å². The summed E-state index contributed by atoms with van der Waals surface area (Å²) >= 11 is 0. The average molecular weight is 261 g/mol. The maximum Gasteiger partial charge on any atom is 0.119 e. The highest BCUT2D eigenvalue weighted by atomic mass is 16.5. The molecular weight excluding hydrogens is 238 g/mol. The van der Waals surface area contributed by atoms with E-state index >= 15 is 0 Å². The normalized spacial score (nSPS) is 21.3. The molecule has 1 aromatic rings. The standard InChI is InChI=1S/C16H23NO2/c1-3-10-19-16-6-4-14(5-7-16)11-17-9-8-15(12-17)13(2)18/h3-7,13,15,18H,1,8-12H2,2H3. The Morgan fingerprint density at radius 2 is 2.21 bits per heavy atom. The number of hydrogen-bond acceptors (Lipinski definition) is 3. The van der Waals surface area contributed by atoms with Crippen molar-refractivity contribution in [2.24, 2.45) is 5.92 Å². The number of benzene rings is 1. The molecule has 0 aliphatic carbocycles. The Hall–Kier alpha value is -1.32. The van der Waals surface area contributed by atoms with Crippen molar-refractivity contribution in [2.45, 2.75) is 26.0 Å². The molecule has 1 aliphatic rings. The Kier molecular flexibility index (Phi) is 5.00. The fraction of sp³-hybridized carbons (Fsp3) is 0.500. The SMILES string of the molecule is C=CCOc1ccc(CN2CCC(C(C)O)C2)cc1. The summed E-state index contributed by atoms with van der Waals surface area (Å²) in [6.07, 6.45) is 2.65. The highest BCUT2D eigenvalue weighted by Crippen LogP contribution is 2.22. The lowest BCUT2D eigenvalue weighted by molar-refractivity contribution is 0.127. The third-order valence-corrected chi connectivity index (χ3v) is 3.69. The molecule has 1 aromatic carbocycles. The summed E-state index contributed by atoms with van der Waals surface area (Å²) in [7, 11) is 0. The Morgan fingerprint density at radius 1 is 1.47 bits per heavy atom. The van der Waals surface area contributed by atoms with E-state index in [1.807, 2.05) is 19.1 Å². The van der Waals surface area contributed by atoms with Gasteiger partial charge in [0, 0.05) is 13.1 Å². The van der Waals surface area contributed by atoms with Gasteiger partial charge in [0.05, 0.1) is 6.10 Å². The maximum atomic E-state index is 9.60. The van der Waals surface area contributed by atoms with Crippen molar-refractivity contribution < 1.29 is 9.84 Å². The number of rotatable bonds is 6. The van der Waals surface area contributed by atoms with Gasteiger partial charge in [0.2, 0.25) is 0 Å². The van der Waals surface area contributed by atoms with Crippen LogP contribution in [0.4, 0.5) is 0 Å². The first-order valence-corrected chi connectivity index (χ1v) is 6.92. The van der Waals surface area contributed by atoms with Crippen LogP contribution in [0.25, 0.3) is 0 Å². The molecule has 0 radical (unpaired) electrons. The molecule has 2 rings (SSSR count). The van der Waals surface area contributed by atoms with Gasteiger partial charge in [0.15, 0.2) is 0 Å². The van der Waals surface area contributed by atoms with Crippen LogP contribution in [0.3, 0.4) is 0 Å². The largest absolute Gasteiger partial charge is 0.490 e. The lowest BCUT2D eigenvalue weighted by atomic mass is 10.0. The van der Waals surface area contributed by atoms with Crippen LogP contribution in [0.15, 0.2) is 36.9 Å². The molecule has 0 aromatic heterocycles. The van der Waals surface area contributed by atoms with Crippen molar-refractivity contribution in [3.63, 3.8) is 0 Å². The van der Waals surface area contributed by atoms with Crippen molar-refractivity contribution in [2.75, 3.05) is 19.7 Å². The van der Waals surface area contributed by atoms with E-state index in [1.165, 1.54) is 5.56 Å². The molecule has 1 saturated heterocycles. The molecular formula is C16H23NO2. The van der Waals surface area contributed by atoms with E-state index in [0.29, 0.717) is 12.5 Å². The smallest absolute Gasteiger partial charge is 0.119 e. The molecule has 19 heavy (non-hydrogen) atoms. The fourth-order valence-corrected chi connectivity index (χ4v) is 2.50. The first kappa shape index (κ1) is 14.1. The van der Waals surface area contributed by atoms with Crippen LogP contribution >= 0.6 is 0 Å². The van der Waals surface area contributed by atoms with Crippen LogP contribution in [0.2, 0.25) is 0 Å². The Balaban J connectivity index is 1.84. The summed E-state index contributed by atoms with van der Waals surface area (Å²) in [5, 5.41) is 9.60. The van der Waals surface area contributed by atoms with E-state index in [1.54, 1.807) is 6.08 Å². The van der Waals surface area contributed by atoms with E-state index < -0.39 is 0 Å². The van der Waals surface area contributed by atoms with Gasteiger partial charge < -0.3 is 9.84 Å². The lowest BCUT2D eigenvalue weighted by Gasteiger charge is -2.17. The predicted molar refractivity (Wildman–Crippen MR) is 77.2 cm³/mol. The highest BCUT2D eigenvalue weighted by molar-refractivity contribution is 5.27. The quantitative estimate of drug-likeness (QED) is 0.798. The van der Waals surface area contributed by atoms with Gasteiger partial charge in [-0.1, -0.05) is 24.8 Å². The van der Waals surface area contributed by atoms with Gasteiger partial charge in [-0.3, -0.25) is 4.90 Å². The van der Waals surface area contributed by atoms with Crippen LogP contribution in [0, 0.1) is 5.92 Å². The van der Waals surface area contributed by atoms with Crippen molar-refractivity contribution >= 4 is 0 Å². The predicted octanol–water partition coefficient (Wildman–Crippen LogP) is 2.45. The lowest BCUT2D eigenvalue weighted by Crippen LogP contribution is -2.23. The molecule has 3 nitrogen and oxygen atoms in total. The molecule has 0 amide bonds. The van der Waals surface area contributed by atoms with Gasteiger partial charge in [0.25, 0.3) is 0 Å². The molecule has 1 N–H and O–H groups in total. The summed E-state index contributed by atoms with van der Waals surface area (Å²) in [6.45, 7) is 9.08. The molecule has 0 saturated carbocycles. The van der Waals surface area contributed by atoms with E-state index in [2.05, 4.69) is 23.6 Å². The number of hydrogen-bond donors (Lipinski definition) is 1. The van der Waals surface area contributed by atoms with Crippen LogP contribution in [-0.4, -0.2) is 35.8 Å². The first-order valence-electron chi connectivity index (χ1n) is 6.92. The highest BCUT2D eigenvalue weighted by Gasteiger charge is 2.25. The monoisotopic (exact) mass is 261 g/mol. The summed E-state index contributed by atoms with van der Waals surface area (Å²) in [5.41, 5.74) is 1.29. The number of aliphatic hydroxyl groups is 1. The molecule has 3 heteroatoms. The van der Waals surface area contributed by atoms with Crippen LogP contribution in [0.1, 0.15) is 18.9 Å². The third kappa shape index (κ3) is 4.08. The minimum atomic E-state index is -0.195. The first-order chi connectivity index (χ1) is 9.19. The van der Waals surface area contributed by atoms with Gasteiger partial charge in [-0.15, -0.1) is 0 Å². The van der Waals surface area contributed by atoms with Crippen LogP contribution in [-0.2, 0) is 6.54 Å². The van der Waals surface area contributed by atoms with Crippen molar-refractivity contribution in [3.05, 3.63) is 42.5 Å². The molecule has 1 aliphatic heterocycles. The zero-order valence-electron chi connectivity index (χ0n) is 11.6. The minimum Gasteiger partial charge on any atom is -0.490 e. The molecule has 1 fully saturated rings. The third-order valence-electron chi connectivity index (χ3n) is 3.69. The van der Waals surface area contributed by atoms with E-state index in [9.17, 15) is 5.11 Å². The second-order valence-electron chi connectivity index (χ2n) is 5.27. The molecule has 2 unspecified atom stereocenters. The number of aliphatic hydroxyl groups excluding tert-OH is 1. The summed E-state index contributed by atoms with van der Waals surface area (Å²) in [4.78, 5) is 2.40. The zero-order chi connectivity index (χ0) is 13.7. The van der Waals surface area contributed by atoms with E-state index in [0.717, 1.165) is 31.8 Å². The molecule has 1 heterocycles. The fourth-order valence-electron chi connectivity index (χ4n) is 2.50. The summed E-state index contributed by atoms with van der Waals surface area (Å²) in [5.74, 6) is 1.31. The van der Waals surface area contributed by atoms with Gasteiger partial charge in [0.1, 0.15) is 12.4 Å². The summed E-state index contributed by atoms with van der Waals surface area (Å²) in [6, 6.07) is 8.21. The number of ether oxygens (including phenoxy) is 1. The van der Waals surface area contributed by atoms with Crippen molar-refractivity contribution in [1.82, 2.24) is 4.90 Å². The van der Waals surface area contributed by atoms with Gasteiger partial charge in [-0.05, 0) is 43.5 Å². The minimum absolute atomic E-state index is 0.195. The average Bonchev–Trinajstić information content (AvgIpc) is 2.87. The van der Waals surface area contributed by atoms with Crippen LogP contribution < -0.4 is 4.74 Å². The topological polar surface area (TPSA) is 32.7 Å². The second-order valence-corrected chi connectivity index (χ2v) is 5.27.